The second-order valence-electron chi connectivity index (χ2n) is 4.25. The molecule has 0 bridgehead atoms. The Morgan fingerprint density at radius 2 is 2.10 bits per heavy atom. The molecule has 0 fully saturated rings. The Morgan fingerprint density at radius 1 is 1.38 bits per heavy atom. The summed E-state index contributed by atoms with van der Waals surface area (Å²) < 4.78 is 38.9. The lowest BCUT2D eigenvalue weighted by molar-refractivity contribution is -0.143. The molecule has 0 atom stereocenters. The predicted octanol–water partition coefficient (Wildman–Crippen LogP) is 1.91. The maximum Gasteiger partial charge on any atom is 0.408 e. The monoisotopic (exact) mass is 365 g/mol. The van der Waals surface area contributed by atoms with Crippen LogP contribution in [0.3, 0.4) is 0 Å². The number of aryl methyl sites for hydroxylation is 1. The van der Waals surface area contributed by atoms with Crippen LogP contribution >= 0.6 is 15.9 Å². The van der Waals surface area contributed by atoms with Crippen LogP contribution in [0.5, 0.6) is 0 Å². The van der Waals surface area contributed by atoms with Gasteiger partial charge in [-0.15, -0.1) is 0 Å². The zero-order valence-electron chi connectivity index (χ0n) is 10.9. The Balaban J connectivity index is 2.17. The molecule has 0 aliphatic heterocycles. The van der Waals surface area contributed by atoms with E-state index in [9.17, 15) is 18.0 Å². The minimum absolute atomic E-state index is 0.00363. The van der Waals surface area contributed by atoms with Gasteiger partial charge in [0.25, 0.3) is 5.56 Å². The quantitative estimate of drug-likeness (QED) is 0.898. The molecule has 0 aliphatic carbocycles. The maximum absolute atomic E-state index is 12.3. The van der Waals surface area contributed by atoms with Gasteiger partial charge in [0.15, 0.2) is 0 Å². The zero-order chi connectivity index (χ0) is 15.6. The van der Waals surface area contributed by atoms with E-state index in [1.54, 1.807) is 24.0 Å². The van der Waals surface area contributed by atoms with E-state index in [4.69, 9.17) is 0 Å². The zero-order valence-corrected chi connectivity index (χ0v) is 12.4. The molecule has 1 N–H and O–H groups in total. The van der Waals surface area contributed by atoms with Crippen LogP contribution in [0.25, 0.3) is 0 Å². The van der Waals surface area contributed by atoms with Crippen molar-refractivity contribution in [1.29, 1.82) is 0 Å². The topological polar surface area (TPSA) is 64.7 Å². The Hall–Kier alpha value is -1.84. The second kappa shape index (κ2) is 5.88. The van der Waals surface area contributed by atoms with Crippen molar-refractivity contribution < 1.29 is 13.2 Å². The second-order valence-corrected chi connectivity index (χ2v) is 5.04. The Kier molecular flexibility index (Phi) is 4.35. The fraction of sp³-hybridized carbons (Fsp3) is 0.364. The SMILES string of the molecule is Cn1nccc1CNc1cnn(CC(F)(F)F)c(=O)c1Br. The molecule has 21 heavy (non-hydrogen) atoms. The fourth-order valence-electron chi connectivity index (χ4n) is 1.63. The van der Waals surface area contributed by atoms with Gasteiger partial charge in [0.05, 0.1) is 24.1 Å². The van der Waals surface area contributed by atoms with Gasteiger partial charge in [0.2, 0.25) is 0 Å². The van der Waals surface area contributed by atoms with Crippen molar-refractivity contribution in [3.63, 3.8) is 0 Å². The Bertz CT molecular complexity index is 694. The van der Waals surface area contributed by atoms with Gasteiger partial charge in [0.1, 0.15) is 11.0 Å². The normalized spacial score (nSPS) is 11.7. The summed E-state index contributed by atoms with van der Waals surface area (Å²) in [5.41, 5.74) is 0.323. The third-order valence-corrected chi connectivity index (χ3v) is 3.46. The summed E-state index contributed by atoms with van der Waals surface area (Å²) in [6.45, 7) is -1.06. The number of hydrogen-bond donors (Lipinski definition) is 1. The van der Waals surface area contributed by atoms with Crippen LogP contribution < -0.4 is 10.9 Å². The largest absolute Gasteiger partial charge is 0.408 e. The van der Waals surface area contributed by atoms with Crippen LogP contribution in [0.15, 0.2) is 27.7 Å². The molecule has 0 amide bonds. The minimum Gasteiger partial charge on any atom is -0.377 e. The first-order valence-electron chi connectivity index (χ1n) is 5.81. The first-order valence-corrected chi connectivity index (χ1v) is 6.60. The van der Waals surface area contributed by atoms with Crippen LogP contribution in [0, 0.1) is 0 Å². The average Bonchev–Trinajstić information content (AvgIpc) is 2.78. The van der Waals surface area contributed by atoms with Crippen molar-refractivity contribution in [2.45, 2.75) is 19.3 Å². The van der Waals surface area contributed by atoms with Crippen LogP contribution in [-0.4, -0.2) is 25.7 Å². The van der Waals surface area contributed by atoms with E-state index in [0.29, 0.717) is 16.9 Å². The molecule has 10 heteroatoms. The highest BCUT2D eigenvalue weighted by atomic mass is 79.9. The lowest BCUT2D eigenvalue weighted by atomic mass is 10.4. The van der Waals surface area contributed by atoms with E-state index in [1.807, 2.05) is 0 Å². The van der Waals surface area contributed by atoms with Crippen molar-refractivity contribution in [2.24, 2.45) is 7.05 Å². The predicted molar refractivity (Wildman–Crippen MR) is 72.8 cm³/mol. The molecule has 114 valence electrons. The van der Waals surface area contributed by atoms with E-state index in [2.05, 4.69) is 31.4 Å². The smallest absolute Gasteiger partial charge is 0.377 e. The number of hydrogen-bond acceptors (Lipinski definition) is 4. The highest BCUT2D eigenvalue weighted by Crippen LogP contribution is 2.20. The average molecular weight is 366 g/mol. The number of halogens is 4. The van der Waals surface area contributed by atoms with Crippen molar-refractivity contribution in [3.05, 3.63) is 39.0 Å². The molecule has 0 unspecified atom stereocenters. The molecule has 2 aromatic heterocycles. The molecule has 2 aromatic rings. The Morgan fingerprint density at radius 3 is 2.67 bits per heavy atom. The van der Waals surface area contributed by atoms with Crippen molar-refractivity contribution >= 4 is 21.6 Å². The number of rotatable bonds is 4. The molecule has 2 rings (SSSR count). The van der Waals surface area contributed by atoms with Crippen LogP contribution in [-0.2, 0) is 20.1 Å². The van der Waals surface area contributed by atoms with E-state index >= 15 is 0 Å². The summed E-state index contributed by atoms with van der Waals surface area (Å²) in [6, 6.07) is 1.78. The molecule has 0 aromatic carbocycles. The molecule has 0 saturated carbocycles. The molecule has 0 aliphatic rings. The van der Waals surface area contributed by atoms with Gasteiger partial charge in [-0.05, 0) is 22.0 Å². The lowest BCUT2D eigenvalue weighted by Crippen LogP contribution is -2.31. The summed E-state index contributed by atoms with van der Waals surface area (Å²) >= 11 is 3.00. The minimum atomic E-state index is -4.50. The summed E-state index contributed by atoms with van der Waals surface area (Å²) in [5.74, 6) is 0. The molecule has 0 saturated heterocycles. The molecular formula is C11H11BrF3N5O. The molecule has 2 heterocycles. The van der Waals surface area contributed by atoms with Gasteiger partial charge >= 0.3 is 6.18 Å². The number of nitrogens with one attached hydrogen (secondary N) is 1. The summed E-state index contributed by atoms with van der Waals surface area (Å²) in [5, 5.41) is 10.4. The number of aromatic nitrogens is 4. The van der Waals surface area contributed by atoms with Crippen molar-refractivity contribution in [1.82, 2.24) is 19.6 Å². The van der Waals surface area contributed by atoms with Crippen LogP contribution in [0.1, 0.15) is 5.69 Å². The highest BCUT2D eigenvalue weighted by Gasteiger charge is 2.29. The molecule has 6 nitrogen and oxygen atoms in total. The standard InChI is InChI=1S/C11H11BrF3N5O/c1-19-7(2-3-17-19)4-16-8-5-18-20(6-11(13,14)15)10(21)9(8)12/h2-3,5,16H,4,6H2,1H3. The van der Waals surface area contributed by atoms with Crippen molar-refractivity contribution in [3.8, 4) is 0 Å². The van der Waals surface area contributed by atoms with E-state index < -0.39 is 18.3 Å². The Labute approximate surface area is 125 Å². The van der Waals surface area contributed by atoms with E-state index in [0.717, 1.165) is 5.69 Å². The van der Waals surface area contributed by atoms with Gasteiger partial charge in [-0.3, -0.25) is 9.48 Å². The molecule has 0 radical (unpaired) electrons. The lowest BCUT2D eigenvalue weighted by Gasteiger charge is -2.12. The molecular weight excluding hydrogens is 355 g/mol. The van der Waals surface area contributed by atoms with Gasteiger partial charge in [0, 0.05) is 13.2 Å². The van der Waals surface area contributed by atoms with Gasteiger partial charge < -0.3 is 5.32 Å². The van der Waals surface area contributed by atoms with Gasteiger partial charge in [-0.25, -0.2) is 4.68 Å². The third kappa shape index (κ3) is 3.84. The summed E-state index contributed by atoms with van der Waals surface area (Å²) in [7, 11) is 1.76. The van der Waals surface area contributed by atoms with Gasteiger partial charge in [-0.2, -0.15) is 23.4 Å². The van der Waals surface area contributed by atoms with E-state index in [-0.39, 0.29) is 4.47 Å². The number of alkyl halides is 3. The summed E-state index contributed by atoms with van der Waals surface area (Å²) in [6.07, 6.45) is -1.71. The van der Waals surface area contributed by atoms with Gasteiger partial charge in [-0.1, -0.05) is 0 Å². The van der Waals surface area contributed by atoms with Crippen molar-refractivity contribution in [2.75, 3.05) is 5.32 Å². The first-order chi connectivity index (χ1) is 9.78. The highest BCUT2D eigenvalue weighted by molar-refractivity contribution is 9.10. The number of anilines is 1. The summed E-state index contributed by atoms with van der Waals surface area (Å²) in [4.78, 5) is 11.8. The first kappa shape index (κ1) is 15.5. The third-order valence-electron chi connectivity index (χ3n) is 2.70. The van der Waals surface area contributed by atoms with Crippen LogP contribution in [0.2, 0.25) is 0 Å². The number of nitrogens with zero attached hydrogens (tertiary/aromatic N) is 4. The van der Waals surface area contributed by atoms with Crippen LogP contribution in [0.4, 0.5) is 18.9 Å². The fourth-order valence-corrected chi connectivity index (χ4v) is 2.08. The molecule has 0 spiro atoms. The van der Waals surface area contributed by atoms with E-state index in [1.165, 1.54) is 6.20 Å². The maximum atomic E-state index is 12.3.